The highest BCUT2D eigenvalue weighted by Gasteiger charge is 2.39. The summed E-state index contributed by atoms with van der Waals surface area (Å²) < 4.78 is 97.3. The molecule has 3 aromatic rings. The van der Waals surface area contributed by atoms with Gasteiger partial charge in [0.15, 0.2) is 0 Å². The van der Waals surface area contributed by atoms with Crippen LogP contribution in [0.1, 0.15) is 47.4 Å². The molecule has 47 heavy (non-hydrogen) atoms. The van der Waals surface area contributed by atoms with E-state index in [9.17, 15) is 40.7 Å². The fourth-order valence-corrected chi connectivity index (χ4v) is 8.09. The van der Waals surface area contributed by atoms with Gasteiger partial charge in [0.1, 0.15) is 17.7 Å². The predicted octanol–water partition coefficient (Wildman–Crippen LogP) is 5.09. The van der Waals surface area contributed by atoms with E-state index >= 15 is 4.39 Å². The van der Waals surface area contributed by atoms with E-state index in [-0.39, 0.29) is 47.0 Å². The van der Waals surface area contributed by atoms with Crippen molar-refractivity contribution in [3.05, 3.63) is 101 Å². The van der Waals surface area contributed by atoms with Crippen molar-refractivity contribution in [1.29, 1.82) is 0 Å². The van der Waals surface area contributed by atoms with Crippen LogP contribution >= 0.6 is 0 Å². The van der Waals surface area contributed by atoms with Crippen LogP contribution in [0.25, 0.3) is 0 Å². The molecule has 0 aliphatic carbocycles. The largest absolute Gasteiger partial charge is 0.465 e. The minimum Gasteiger partial charge on any atom is -0.465 e. The van der Waals surface area contributed by atoms with E-state index in [2.05, 4.69) is 16.0 Å². The molecule has 0 aromatic heterocycles. The third-order valence-corrected chi connectivity index (χ3v) is 10.5. The Kier molecular flexibility index (Phi) is 10.2. The number of sulfonamides is 1. The van der Waals surface area contributed by atoms with Crippen LogP contribution in [-0.4, -0.2) is 66.8 Å². The number of benzene rings is 3. The Balaban J connectivity index is 1.46. The van der Waals surface area contributed by atoms with Gasteiger partial charge >= 0.3 is 12.3 Å². The van der Waals surface area contributed by atoms with Crippen molar-refractivity contribution < 1.29 is 45.1 Å². The number of carbonyl (C=O) groups excluding carboxylic acids is 1. The number of amides is 2. The molecule has 2 fully saturated rings. The third-order valence-electron chi connectivity index (χ3n) is 8.56. The van der Waals surface area contributed by atoms with Gasteiger partial charge in [-0.25, -0.2) is 22.0 Å². The number of alkyl halides is 3. The van der Waals surface area contributed by atoms with E-state index in [0.29, 0.717) is 19.5 Å². The first kappa shape index (κ1) is 34.3. The summed E-state index contributed by atoms with van der Waals surface area (Å²) in [6.07, 6.45) is -4.95. The number of carbonyl (C=O) groups is 2. The molecule has 2 amide bonds. The lowest BCUT2D eigenvalue weighted by molar-refractivity contribution is -0.137. The Labute approximate surface area is 268 Å². The molecule has 3 aromatic carbocycles. The van der Waals surface area contributed by atoms with E-state index in [1.807, 2.05) is 0 Å². The molecule has 2 bridgehead atoms. The van der Waals surface area contributed by atoms with Gasteiger partial charge in [0, 0.05) is 42.3 Å². The number of piperazine rings is 1. The summed E-state index contributed by atoms with van der Waals surface area (Å²) >= 11 is 0. The SMILES string of the molecule is O=C(O)NC(C(=O)Nc1cccc(F)c1CCC1CNC2CCCS(=O)(=O)N1C2)C(c1ccc(F)cc1)c1cccc(C(F)(F)F)c1. The predicted molar refractivity (Wildman–Crippen MR) is 163 cm³/mol. The highest BCUT2D eigenvalue weighted by Crippen LogP contribution is 2.35. The van der Waals surface area contributed by atoms with Gasteiger partial charge < -0.3 is 21.1 Å². The average molecular weight is 681 g/mol. The number of hydrogen-bond acceptors (Lipinski definition) is 5. The maximum atomic E-state index is 15.3. The van der Waals surface area contributed by atoms with Gasteiger partial charge in [-0.05, 0) is 67.1 Å². The summed E-state index contributed by atoms with van der Waals surface area (Å²) in [6, 6.07) is 10.2. The average Bonchev–Trinajstić information content (AvgIpc) is 3.12. The maximum absolute atomic E-state index is 15.3. The van der Waals surface area contributed by atoms with E-state index in [1.165, 1.54) is 40.7 Å². The van der Waals surface area contributed by atoms with E-state index in [0.717, 1.165) is 36.8 Å². The fraction of sp³-hybridized carbons (Fsp3) is 0.375. The minimum absolute atomic E-state index is 0.0113. The fourth-order valence-electron chi connectivity index (χ4n) is 6.29. The summed E-state index contributed by atoms with van der Waals surface area (Å²) in [5.74, 6) is -3.71. The van der Waals surface area contributed by atoms with Crippen molar-refractivity contribution in [2.24, 2.45) is 0 Å². The van der Waals surface area contributed by atoms with Crippen molar-refractivity contribution in [2.45, 2.75) is 55.9 Å². The number of nitrogens with one attached hydrogen (secondary N) is 3. The van der Waals surface area contributed by atoms with E-state index < -0.39 is 63.4 Å². The molecule has 4 N–H and O–H groups in total. The quantitative estimate of drug-likeness (QED) is 0.233. The second-order valence-corrected chi connectivity index (χ2v) is 13.7. The van der Waals surface area contributed by atoms with Crippen LogP contribution in [0.5, 0.6) is 0 Å². The number of fused-ring (bicyclic) bond motifs is 2. The zero-order valence-corrected chi connectivity index (χ0v) is 25.8. The number of halogens is 5. The van der Waals surface area contributed by atoms with Crippen LogP contribution in [0.4, 0.5) is 32.4 Å². The molecule has 2 heterocycles. The highest BCUT2D eigenvalue weighted by atomic mass is 32.2. The van der Waals surface area contributed by atoms with Crippen molar-refractivity contribution >= 4 is 27.7 Å². The van der Waals surface area contributed by atoms with Crippen LogP contribution < -0.4 is 16.0 Å². The Morgan fingerprint density at radius 2 is 1.74 bits per heavy atom. The molecular formula is C32H33F5N4O5S. The summed E-state index contributed by atoms with van der Waals surface area (Å²) in [4.78, 5) is 25.8. The second-order valence-electron chi connectivity index (χ2n) is 11.7. The monoisotopic (exact) mass is 680 g/mol. The molecule has 0 radical (unpaired) electrons. The molecule has 5 rings (SSSR count). The van der Waals surface area contributed by atoms with E-state index in [1.54, 1.807) is 0 Å². The smallest absolute Gasteiger partial charge is 0.416 e. The van der Waals surface area contributed by atoms with Crippen LogP contribution in [0.15, 0.2) is 66.7 Å². The molecule has 5 unspecified atom stereocenters. The molecule has 2 saturated heterocycles. The van der Waals surface area contributed by atoms with Gasteiger partial charge in [-0.15, -0.1) is 0 Å². The number of carboxylic acid groups (broad SMARTS) is 1. The first-order chi connectivity index (χ1) is 22.2. The number of nitrogens with zero attached hydrogens (tertiary/aromatic N) is 1. The zero-order chi connectivity index (χ0) is 33.9. The van der Waals surface area contributed by atoms with Crippen molar-refractivity contribution in [3.63, 3.8) is 0 Å². The number of anilines is 1. The standard InChI is InChI=1S/C32H33F5N4O5S/c33-22-11-9-19(10-12-22)28(20-4-1-5-21(16-20)32(35,36)37)29(40-31(43)44)30(42)39-27-8-2-7-26(34)25(27)14-13-24-17-38-23-6-3-15-47(45,46)41(24)18-23/h1-2,4-5,7-12,16,23-24,28-29,38,40H,3,6,13-15,17-18H2,(H,39,42)(H,43,44). The van der Waals surface area contributed by atoms with Gasteiger partial charge in [-0.2, -0.15) is 17.5 Å². The van der Waals surface area contributed by atoms with Crippen molar-refractivity contribution in [3.8, 4) is 0 Å². The molecular weight excluding hydrogens is 647 g/mol. The van der Waals surface area contributed by atoms with Crippen molar-refractivity contribution in [1.82, 2.24) is 14.9 Å². The molecule has 0 spiro atoms. The molecule has 252 valence electrons. The van der Waals surface area contributed by atoms with Crippen LogP contribution in [0.2, 0.25) is 0 Å². The Morgan fingerprint density at radius 1 is 1.02 bits per heavy atom. The number of hydrogen-bond donors (Lipinski definition) is 4. The van der Waals surface area contributed by atoms with Gasteiger partial charge in [-0.1, -0.05) is 36.4 Å². The highest BCUT2D eigenvalue weighted by molar-refractivity contribution is 7.89. The summed E-state index contributed by atoms with van der Waals surface area (Å²) in [5.41, 5.74) is -0.961. The van der Waals surface area contributed by atoms with Gasteiger partial charge in [0.2, 0.25) is 15.9 Å². The second kappa shape index (κ2) is 14.0. The van der Waals surface area contributed by atoms with Crippen LogP contribution in [0.3, 0.4) is 0 Å². The molecule has 9 nitrogen and oxygen atoms in total. The molecule has 5 atom stereocenters. The van der Waals surface area contributed by atoms with Crippen molar-refractivity contribution in [2.75, 3.05) is 24.2 Å². The first-order valence-corrected chi connectivity index (χ1v) is 16.6. The molecule has 2 aliphatic rings. The lowest BCUT2D eigenvalue weighted by atomic mass is 9.83. The van der Waals surface area contributed by atoms with E-state index in [4.69, 9.17) is 0 Å². The third kappa shape index (κ3) is 8.08. The number of rotatable bonds is 9. The molecule has 2 aliphatic heterocycles. The summed E-state index contributed by atoms with van der Waals surface area (Å²) in [7, 11) is -3.51. The summed E-state index contributed by atoms with van der Waals surface area (Å²) in [6.45, 7) is 0.664. The lowest BCUT2D eigenvalue weighted by Gasteiger charge is -2.37. The van der Waals surface area contributed by atoms with Gasteiger partial charge in [-0.3, -0.25) is 4.79 Å². The first-order valence-electron chi connectivity index (χ1n) is 15.0. The lowest BCUT2D eigenvalue weighted by Crippen LogP contribution is -2.57. The topological polar surface area (TPSA) is 128 Å². The zero-order valence-electron chi connectivity index (χ0n) is 24.9. The Morgan fingerprint density at radius 3 is 2.45 bits per heavy atom. The van der Waals surface area contributed by atoms with Crippen LogP contribution in [-0.2, 0) is 27.4 Å². The molecule has 0 saturated carbocycles. The molecule has 15 heteroatoms. The maximum Gasteiger partial charge on any atom is 0.416 e. The Hall–Kier alpha value is -4.08. The van der Waals surface area contributed by atoms with Gasteiger partial charge in [0.25, 0.3) is 0 Å². The minimum atomic E-state index is -4.75. The Bertz CT molecular complexity index is 1720. The van der Waals surface area contributed by atoms with Gasteiger partial charge in [0.05, 0.1) is 11.3 Å². The van der Waals surface area contributed by atoms with Crippen LogP contribution in [0, 0.1) is 11.6 Å². The normalized spacial score (nSPS) is 22.0. The summed E-state index contributed by atoms with van der Waals surface area (Å²) in [5, 5.41) is 17.6.